The van der Waals surface area contributed by atoms with Crippen molar-refractivity contribution in [3.63, 3.8) is 0 Å². The molecular formula is C14H20O2S. The summed E-state index contributed by atoms with van der Waals surface area (Å²) in [6.07, 6.45) is 1.10. The normalized spacial score (nSPS) is 12.2. The molecule has 0 spiro atoms. The molecule has 0 amide bonds. The van der Waals surface area contributed by atoms with Gasteiger partial charge >= 0.3 is 0 Å². The van der Waals surface area contributed by atoms with E-state index < -0.39 is 0 Å². The van der Waals surface area contributed by atoms with Crippen LogP contribution in [0.25, 0.3) is 0 Å². The minimum atomic E-state index is 0.193. The zero-order chi connectivity index (χ0) is 12.7. The lowest BCUT2D eigenvalue weighted by atomic mass is 10.1. The van der Waals surface area contributed by atoms with Gasteiger partial charge in [0.15, 0.2) is 5.78 Å². The molecule has 0 saturated carbocycles. The molecule has 1 aromatic rings. The fourth-order valence-corrected chi connectivity index (χ4v) is 2.16. The van der Waals surface area contributed by atoms with Gasteiger partial charge in [-0.3, -0.25) is 4.79 Å². The molecule has 0 heterocycles. The van der Waals surface area contributed by atoms with Gasteiger partial charge in [-0.2, -0.15) is 11.8 Å². The van der Waals surface area contributed by atoms with Crippen LogP contribution in [0.4, 0.5) is 0 Å². The van der Waals surface area contributed by atoms with E-state index in [-0.39, 0.29) is 5.78 Å². The van der Waals surface area contributed by atoms with Crippen molar-refractivity contribution < 1.29 is 9.53 Å². The van der Waals surface area contributed by atoms with E-state index in [9.17, 15) is 4.79 Å². The van der Waals surface area contributed by atoms with Crippen LogP contribution in [0.5, 0.6) is 5.75 Å². The molecule has 1 atom stereocenters. The lowest BCUT2D eigenvalue weighted by Crippen LogP contribution is -2.06. The third kappa shape index (κ3) is 4.82. The molecule has 0 fully saturated rings. The summed E-state index contributed by atoms with van der Waals surface area (Å²) in [5, 5.41) is 0.543. The number of hydrogen-bond acceptors (Lipinski definition) is 3. The Kier molecular flexibility index (Phi) is 6.12. The zero-order valence-corrected chi connectivity index (χ0v) is 11.5. The predicted octanol–water partition coefficient (Wildman–Crippen LogP) is 3.80. The molecule has 3 heteroatoms. The second-order valence-electron chi connectivity index (χ2n) is 3.91. The van der Waals surface area contributed by atoms with Gasteiger partial charge in [0.05, 0.1) is 12.4 Å². The Labute approximate surface area is 108 Å². The Balaban J connectivity index is 2.51. The Morgan fingerprint density at radius 2 is 1.94 bits per heavy atom. The summed E-state index contributed by atoms with van der Waals surface area (Å²) in [5.41, 5.74) is 0.768. The van der Waals surface area contributed by atoms with Crippen LogP contribution in [-0.4, -0.2) is 23.4 Å². The van der Waals surface area contributed by atoms with E-state index in [0.29, 0.717) is 17.6 Å². The SMILES string of the molecule is CCOc1ccc(C(=O)CS[C@@H](C)CC)cc1. The van der Waals surface area contributed by atoms with Crippen LogP contribution in [0.15, 0.2) is 24.3 Å². The quantitative estimate of drug-likeness (QED) is 0.690. The molecule has 0 N–H and O–H groups in total. The lowest BCUT2D eigenvalue weighted by molar-refractivity contribution is 0.102. The first-order chi connectivity index (χ1) is 8.17. The van der Waals surface area contributed by atoms with E-state index in [4.69, 9.17) is 4.74 Å². The van der Waals surface area contributed by atoms with Crippen LogP contribution in [-0.2, 0) is 0 Å². The average Bonchev–Trinajstić information content (AvgIpc) is 2.36. The maximum atomic E-state index is 11.9. The number of thioether (sulfide) groups is 1. The van der Waals surface area contributed by atoms with Crippen molar-refractivity contribution in [2.75, 3.05) is 12.4 Å². The highest BCUT2D eigenvalue weighted by Crippen LogP contribution is 2.17. The van der Waals surface area contributed by atoms with Crippen molar-refractivity contribution in [3.05, 3.63) is 29.8 Å². The van der Waals surface area contributed by atoms with Crippen LogP contribution < -0.4 is 4.74 Å². The Bertz CT molecular complexity index is 346. The number of Topliss-reactive ketones (excluding diaryl/α,β-unsaturated/α-hetero) is 1. The van der Waals surface area contributed by atoms with Gasteiger partial charge < -0.3 is 4.74 Å². The molecule has 94 valence electrons. The molecule has 0 saturated heterocycles. The van der Waals surface area contributed by atoms with E-state index in [0.717, 1.165) is 17.7 Å². The number of benzene rings is 1. The van der Waals surface area contributed by atoms with Gasteiger partial charge in [-0.1, -0.05) is 13.8 Å². The van der Waals surface area contributed by atoms with Gasteiger partial charge in [0.1, 0.15) is 5.75 Å². The summed E-state index contributed by atoms with van der Waals surface area (Å²) in [5.74, 6) is 1.57. The molecule has 17 heavy (non-hydrogen) atoms. The Hall–Kier alpha value is -0.960. The zero-order valence-electron chi connectivity index (χ0n) is 10.7. The van der Waals surface area contributed by atoms with Crippen LogP contribution in [0.1, 0.15) is 37.6 Å². The summed E-state index contributed by atoms with van der Waals surface area (Å²) in [6, 6.07) is 7.38. The summed E-state index contributed by atoms with van der Waals surface area (Å²) in [7, 11) is 0. The number of carbonyl (C=O) groups excluding carboxylic acids is 1. The minimum Gasteiger partial charge on any atom is -0.494 e. The summed E-state index contributed by atoms with van der Waals surface area (Å²) in [4.78, 5) is 11.9. The average molecular weight is 252 g/mol. The van der Waals surface area contributed by atoms with Gasteiger partial charge in [0.2, 0.25) is 0 Å². The smallest absolute Gasteiger partial charge is 0.172 e. The van der Waals surface area contributed by atoms with E-state index >= 15 is 0 Å². The van der Waals surface area contributed by atoms with Gasteiger partial charge in [-0.15, -0.1) is 0 Å². The van der Waals surface area contributed by atoms with Gasteiger partial charge in [0, 0.05) is 10.8 Å². The minimum absolute atomic E-state index is 0.193. The van der Waals surface area contributed by atoms with E-state index in [1.54, 1.807) is 11.8 Å². The molecule has 2 nitrogen and oxygen atoms in total. The van der Waals surface area contributed by atoms with Gasteiger partial charge in [-0.05, 0) is 37.6 Å². The number of hydrogen-bond donors (Lipinski definition) is 0. The molecule has 0 bridgehead atoms. The highest BCUT2D eigenvalue weighted by molar-refractivity contribution is 8.00. The molecule has 1 rings (SSSR count). The highest BCUT2D eigenvalue weighted by Gasteiger charge is 2.08. The molecule has 0 aliphatic heterocycles. The predicted molar refractivity (Wildman–Crippen MR) is 74.2 cm³/mol. The first kappa shape index (κ1) is 14.1. The maximum absolute atomic E-state index is 11.9. The molecule has 0 radical (unpaired) electrons. The van der Waals surface area contributed by atoms with Crippen molar-refractivity contribution in [1.82, 2.24) is 0 Å². The van der Waals surface area contributed by atoms with Crippen molar-refractivity contribution in [2.45, 2.75) is 32.4 Å². The Morgan fingerprint density at radius 1 is 1.29 bits per heavy atom. The number of ketones is 1. The molecule has 0 aliphatic rings. The second kappa shape index (κ2) is 7.38. The van der Waals surface area contributed by atoms with Gasteiger partial charge in [0.25, 0.3) is 0 Å². The van der Waals surface area contributed by atoms with Crippen LogP contribution in [0, 0.1) is 0 Å². The van der Waals surface area contributed by atoms with Crippen LogP contribution in [0.2, 0.25) is 0 Å². The summed E-state index contributed by atoms with van der Waals surface area (Å²) >= 11 is 1.71. The third-order valence-electron chi connectivity index (χ3n) is 2.56. The monoisotopic (exact) mass is 252 g/mol. The molecule has 0 aliphatic carbocycles. The number of ether oxygens (including phenoxy) is 1. The van der Waals surface area contributed by atoms with Crippen molar-refractivity contribution in [1.29, 1.82) is 0 Å². The maximum Gasteiger partial charge on any atom is 0.172 e. The first-order valence-electron chi connectivity index (χ1n) is 6.05. The molecule has 1 aromatic carbocycles. The number of rotatable bonds is 7. The van der Waals surface area contributed by atoms with Crippen molar-refractivity contribution in [2.24, 2.45) is 0 Å². The van der Waals surface area contributed by atoms with Gasteiger partial charge in [-0.25, -0.2) is 0 Å². The fraction of sp³-hybridized carbons (Fsp3) is 0.500. The highest BCUT2D eigenvalue weighted by atomic mass is 32.2. The molecule has 0 unspecified atom stereocenters. The van der Waals surface area contributed by atoms with Crippen molar-refractivity contribution in [3.8, 4) is 5.75 Å². The fourth-order valence-electron chi connectivity index (χ4n) is 1.32. The third-order valence-corrected chi connectivity index (χ3v) is 3.89. The van der Waals surface area contributed by atoms with E-state index in [1.165, 1.54) is 0 Å². The second-order valence-corrected chi connectivity index (χ2v) is 5.34. The molecule has 0 aromatic heterocycles. The van der Waals surface area contributed by atoms with Crippen LogP contribution >= 0.6 is 11.8 Å². The standard InChI is InChI=1S/C14H20O2S/c1-4-11(3)17-10-14(15)12-6-8-13(9-7-12)16-5-2/h6-9,11H,4-5,10H2,1-3H3/t11-/m0/s1. The summed E-state index contributed by atoms with van der Waals surface area (Å²) < 4.78 is 5.34. The topological polar surface area (TPSA) is 26.3 Å². The lowest BCUT2D eigenvalue weighted by Gasteiger charge is -2.08. The summed E-state index contributed by atoms with van der Waals surface area (Å²) in [6.45, 7) is 6.88. The molecular weight excluding hydrogens is 232 g/mol. The Morgan fingerprint density at radius 3 is 2.47 bits per heavy atom. The van der Waals surface area contributed by atoms with Crippen LogP contribution in [0.3, 0.4) is 0 Å². The number of carbonyl (C=O) groups is 1. The van der Waals surface area contributed by atoms with E-state index in [1.807, 2.05) is 31.2 Å². The largest absolute Gasteiger partial charge is 0.494 e. The van der Waals surface area contributed by atoms with Crippen molar-refractivity contribution >= 4 is 17.5 Å². The van der Waals surface area contributed by atoms with E-state index in [2.05, 4.69) is 13.8 Å². The first-order valence-corrected chi connectivity index (χ1v) is 7.09.